The van der Waals surface area contributed by atoms with Gasteiger partial charge in [0.15, 0.2) is 5.78 Å². The number of phenols is 1. The maximum atomic E-state index is 14.3. The summed E-state index contributed by atoms with van der Waals surface area (Å²) in [4.78, 5) is 23.6. The van der Waals surface area contributed by atoms with Crippen molar-refractivity contribution >= 4 is 17.5 Å². The van der Waals surface area contributed by atoms with E-state index >= 15 is 0 Å². The summed E-state index contributed by atoms with van der Waals surface area (Å²) in [6.45, 7) is 6.44. The van der Waals surface area contributed by atoms with E-state index in [1.165, 1.54) is 30.3 Å². The molecule has 0 aliphatic carbocycles. The number of anilines is 2. The van der Waals surface area contributed by atoms with E-state index in [-0.39, 0.29) is 22.8 Å². The third-order valence-electron chi connectivity index (χ3n) is 5.49. The van der Waals surface area contributed by atoms with E-state index in [0.29, 0.717) is 23.6 Å². The number of hydrogen-bond acceptors (Lipinski definition) is 8. The molecule has 0 saturated carbocycles. The Balaban J connectivity index is 1.56. The molecule has 0 unspecified atom stereocenters. The van der Waals surface area contributed by atoms with Crippen molar-refractivity contribution in [1.29, 1.82) is 0 Å². The Morgan fingerprint density at radius 3 is 2.73 bits per heavy atom. The lowest BCUT2D eigenvalue weighted by Gasteiger charge is -2.26. The molecule has 1 aromatic heterocycles. The van der Waals surface area contributed by atoms with Gasteiger partial charge in [0.25, 0.3) is 0 Å². The molecule has 1 fully saturated rings. The standard InChI is InChI=1S/C24H26FN5O3/c1-15-2-4-17(19(25)12-15)23(32)16-3-5-21(31)18(13-16)20-14-22(29-24(26)28-20)27-6-7-30-8-10-33-11-9-30/h2-5,12-14,31H,6-11H2,1H3,(H3,26,27,28,29). The van der Waals surface area contributed by atoms with Gasteiger partial charge in [0.05, 0.1) is 24.5 Å². The van der Waals surface area contributed by atoms with Gasteiger partial charge in [0, 0.05) is 43.4 Å². The van der Waals surface area contributed by atoms with Crippen LogP contribution in [0.2, 0.25) is 0 Å². The van der Waals surface area contributed by atoms with Gasteiger partial charge >= 0.3 is 0 Å². The number of halogens is 1. The SMILES string of the molecule is Cc1ccc(C(=O)c2ccc(O)c(-c3cc(NCCN4CCOCC4)nc(N)n3)c2)c(F)c1. The molecule has 0 bridgehead atoms. The Labute approximate surface area is 191 Å². The number of nitrogens with two attached hydrogens (primary N) is 1. The van der Waals surface area contributed by atoms with E-state index < -0.39 is 11.6 Å². The van der Waals surface area contributed by atoms with Gasteiger partial charge in [0.1, 0.15) is 17.4 Å². The summed E-state index contributed by atoms with van der Waals surface area (Å²) >= 11 is 0. The van der Waals surface area contributed by atoms with E-state index in [4.69, 9.17) is 10.5 Å². The highest BCUT2D eigenvalue weighted by atomic mass is 19.1. The number of morpholine rings is 1. The summed E-state index contributed by atoms with van der Waals surface area (Å²) in [5, 5.41) is 13.7. The lowest BCUT2D eigenvalue weighted by Crippen LogP contribution is -2.39. The van der Waals surface area contributed by atoms with Crippen LogP contribution in [0.15, 0.2) is 42.5 Å². The highest BCUT2D eigenvalue weighted by molar-refractivity contribution is 6.10. The molecule has 0 atom stereocenters. The average molecular weight is 452 g/mol. The number of nitrogens with zero attached hydrogens (tertiary/aromatic N) is 3. The average Bonchev–Trinajstić information content (AvgIpc) is 2.79. The van der Waals surface area contributed by atoms with Crippen molar-refractivity contribution in [3.63, 3.8) is 0 Å². The summed E-state index contributed by atoms with van der Waals surface area (Å²) in [5.74, 6) is -0.617. The minimum atomic E-state index is -0.590. The molecule has 1 aliphatic rings. The lowest BCUT2D eigenvalue weighted by molar-refractivity contribution is 0.0398. The molecule has 3 aromatic rings. The normalized spacial score (nSPS) is 14.2. The second-order valence-corrected chi connectivity index (χ2v) is 7.92. The molecule has 0 spiro atoms. The van der Waals surface area contributed by atoms with Crippen LogP contribution in [0.4, 0.5) is 16.2 Å². The molecule has 172 valence electrons. The molecule has 4 rings (SSSR count). The first-order valence-electron chi connectivity index (χ1n) is 10.7. The molecule has 9 heteroatoms. The topological polar surface area (TPSA) is 114 Å². The van der Waals surface area contributed by atoms with Crippen LogP contribution in [0.5, 0.6) is 5.75 Å². The van der Waals surface area contributed by atoms with Crippen LogP contribution in [-0.4, -0.2) is 65.2 Å². The minimum Gasteiger partial charge on any atom is -0.507 e. The molecule has 1 aliphatic heterocycles. The summed E-state index contributed by atoms with van der Waals surface area (Å²) in [6, 6.07) is 10.4. The van der Waals surface area contributed by atoms with Crippen molar-refractivity contribution in [2.45, 2.75) is 6.92 Å². The molecule has 4 N–H and O–H groups in total. The zero-order valence-corrected chi connectivity index (χ0v) is 18.3. The lowest BCUT2D eigenvalue weighted by atomic mass is 9.98. The number of carbonyl (C=O) groups excluding carboxylic acids is 1. The minimum absolute atomic E-state index is 0.0297. The molecule has 2 heterocycles. The van der Waals surface area contributed by atoms with Gasteiger partial charge in [-0.15, -0.1) is 0 Å². The van der Waals surface area contributed by atoms with Crippen LogP contribution in [0.1, 0.15) is 21.5 Å². The Morgan fingerprint density at radius 2 is 1.97 bits per heavy atom. The predicted octanol–water partition coefficient (Wildman–Crippen LogP) is 2.85. The van der Waals surface area contributed by atoms with Crippen molar-refractivity contribution in [1.82, 2.24) is 14.9 Å². The van der Waals surface area contributed by atoms with E-state index in [0.717, 1.165) is 38.4 Å². The van der Waals surface area contributed by atoms with Gasteiger partial charge in [-0.2, -0.15) is 4.98 Å². The quantitative estimate of drug-likeness (QED) is 0.470. The number of carbonyl (C=O) groups is 1. The number of ether oxygens (including phenoxy) is 1. The number of aromatic hydroxyl groups is 1. The Morgan fingerprint density at radius 1 is 1.18 bits per heavy atom. The predicted molar refractivity (Wildman–Crippen MR) is 124 cm³/mol. The van der Waals surface area contributed by atoms with Crippen molar-refractivity contribution in [3.05, 3.63) is 65.0 Å². The molecule has 1 saturated heterocycles. The fourth-order valence-electron chi connectivity index (χ4n) is 3.70. The largest absolute Gasteiger partial charge is 0.507 e. The first-order chi connectivity index (χ1) is 15.9. The number of aromatic nitrogens is 2. The fourth-order valence-corrected chi connectivity index (χ4v) is 3.70. The molecule has 0 radical (unpaired) electrons. The third kappa shape index (κ3) is 5.44. The molecule has 2 aromatic carbocycles. The molecular weight excluding hydrogens is 425 g/mol. The van der Waals surface area contributed by atoms with Crippen molar-refractivity contribution in [2.24, 2.45) is 0 Å². The number of rotatable bonds is 7. The smallest absolute Gasteiger partial charge is 0.222 e. The summed E-state index contributed by atoms with van der Waals surface area (Å²) in [6.07, 6.45) is 0. The van der Waals surface area contributed by atoms with E-state index in [1.54, 1.807) is 19.1 Å². The number of phenolic OH excluding ortho intramolecular Hbond substituents is 1. The first-order valence-corrected chi connectivity index (χ1v) is 10.7. The first kappa shape index (κ1) is 22.6. The van der Waals surface area contributed by atoms with Gasteiger partial charge in [0.2, 0.25) is 5.95 Å². The monoisotopic (exact) mass is 451 g/mol. The zero-order chi connectivity index (χ0) is 23.4. The van der Waals surface area contributed by atoms with Gasteiger partial charge in [-0.05, 0) is 42.8 Å². The highest BCUT2D eigenvalue weighted by Crippen LogP contribution is 2.31. The van der Waals surface area contributed by atoms with Crippen molar-refractivity contribution < 1.29 is 19.0 Å². The van der Waals surface area contributed by atoms with Crippen LogP contribution in [0, 0.1) is 12.7 Å². The van der Waals surface area contributed by atoms with Gasteiger partial charge in [-0.3, -0.25) is 9.69 Å². The Bertz CT molecular complexity index is 1160. The van der Waals surface area contributed by atoms with Crippen LogP contribution >= 0.6 is 0 Å². The second kappa shape index (κ2) is 9.93. The number of benzene rings is 2. The van der Waals surface area contributed by atoms with Crippen LogP contribution < -0.4 is 11.1 Å². The number of nitrogens with one attached hydrogen (secondary N) is 1. The summed E-state index contributed by atoms with van der Waals surface area (Å²) in [7, 11) is 0. The van der Waals surface area contributed by atoms with Gasteiger partial charge in [-0.25, -0.2) is 9.37 Å². The maximum Gasteiger partial charge on any atom is 0.222 e. The summed E-state index contributed by atoms with van der Waals surface area (Å²) in [5.41, 5.74) is 7.47. The van der Waals surface area contributed by atoms with Gasteiger partial charge in [-0.1, -0.05) is 6.07 Å². The van der Waals surface area contributed by atoms with Gasteiger partial charge < -0.3 is 20.9 Å². The van der Waals surface area contributed by atoms with Crippen LogP contribution in [0.3, 0.4) is 0 Å². The number of nitrogen functional groups attached to an aromatic ring is 1. The number of hydrogen-bond donors (Lipinski definition) is 3. The fraction of sp³-hybridized carbons (Fsp3) is 0.292. The molecular formula is C24H26FN5O3. The Kier molecular flexibility index (Phi) is 6.81. The Hall–Kier alpha value is -3.56. The third-order valence-corrected chi connectivity index (χ3v) is 5.49. The van der Waals surface area contributed by atoms with E-state index in [9.17, 15) is 14.3 Å². The van der Waals surface area contributed by atoms with Crippen molar-refractivity contribution in [3.8, 4) is 17.0 Å². The van der Waals surface area contributed by atoms with Crippen LogP contribution in [-0.2, 0) is 4.74 Å². The number of aryl methyl sites for hydroxylation is 1. The molecule has 0 amide bonds. The van der Waals surface area contributed by atoms with Crippen molar-refractivity contribution in [2.75, 3.05) is 50.4 Å². The second-order valence-electron chi connectivity index (χ2n) is 7.92. The van der Waals surface area contributed by atoms with Crippen LogP contribution in [0.25, 0.3) is 11.3 Å². The molecule has 33 heavy (non-hydrogen) atoms. The zero-order valence-electron chi connectivity index (χ0n) is 18.3. The highest BCUT2D eigenvalue weighted by Gasteiger charge is 2.18. The van der Waals surface area contributed by atoms with E-state index in [1.807, 2.05) is 0 Å². The van der Waals surface area contributed by atoms with E-state index in [2.05, 4.69) is 20.2 Å². The molecule has 8 nitrogen and oxygen atoms in total. The maximum absolute atomic E-state index is 14.3. The number of ketones is 1. The summed E-state index contributed by atoms with van der Waals surface area (Å²) < 4.78 is 19.7.